The number of carbonyl (C=O) groups is 1. The van der Waals surface area contributed by atoms with E-state index in [9.17, 15) is 9.18 Å². The van der Waals surface area contributed by atoms with Crippen molar-refractivity contribution in [3.05, 3.63) is 35.6 Å². The molecule has 0 spiro atoms. The Hall–Kier alpha value is -0.680. The highest BCUT2D eigenvalue weighted by atomic mass is 32.2. The highest BCUT2D eigenvalue weighted by molar-refractivity contribution is 8.07. The first-order valence-electron chi connectivity index (χ1n) is 5.47. The van der Waals surface area contributed by atoms with E-state index in [0.717, 1.165) is 22.8 Å². The standard InChI is InChI=1S/C12H14FNOS2/c13-10-3-1-9(2-4-10)7-14-12(15)11-8-16-5-6-17-11/h1-4,11H,5-8H2,(H,14,15). The maximum absolute atomic E-state index is 12.7. The fourth-order valence-electron chi connectivity index (χ4n) is 1.54. The quantitative estimate of drug-likeness (QED) is 0.914. The summed E-state index contributed by atoms with van der Waals surface area (Å²) in [6, 6.07) is 6.20. The average Bonchev–Trinajstić information content (AvgIpc) is 2.39. The summed E-state index contributed by atoms with van der Waals surface area (Å²) >= 11 is 3.54. The zero-order valence-electron chi connectivity index (χ0n) is 9.32. The summed E-state index contributed by atoms with van der Waals surface area (Å²) in [4.78, 5) is 11.8. The number of amides is 1. The minimum atomic E-state index is -0.251. The van der Waals surface area contributed by atoms with Gasteiger partial charge in [0, 0.05) is 23.8 Å². The van der Waals surface area contributed by atoms with Gasteiger partial charge in [0.25, 0.3) is 0 Å². The van der Waals surface area contributed by atoms with Crippen LogP contribution in [-0.4, -0.2) is 28.4 Å². The van der Waals surface area contributed by atoms with Gasteiger partial charge in [-0.25, -0.2) is 4.39 Å². The third-order valence-electron chi connectivity index (χ3n) is 2.49. The van der Waals surface area contributed by atoms with E-state index in [2.05, 4.69) is 5.32 Å². The van der Waals surface area contributed by atoms with Gasteiger partial charge in [0.15, 0.2) is 0 Å². The molecule has 2 rings (SSSR count). The van der Waals surface area contributed by atoms with Crippen LogP contribution in [-0.2, 0) is 11.3 Å². The molecule has 1 aromatic carbocycles. The Bertz CT molecular complexity index is 377. The van der Waals surface area contributed by atoms with E-state index in [1.165, 1.54) is 12.1 Å². The van der Waals surface area contributed by atoms with E-state index in [0.29, 0.717) is 6.54 Å². The Kier molecular flexibility index (Phi) is 4.74. The Morgan fingerprint density at radius 2 is 2.12 bits per heavy atom. The van der Waals surface area contributed by atoms with Crippen LogP contribution in [0.3, 0.4) is 0 Å². The van der Waals surface area contributed by atoms with Crippen LogP contribution < -0.4 is 5.32 Å². The molecule has 17 heavy (non-hydrogen) atoms. The van der Waals surface area contributed by atoms with Gasteiger partial charge in [-0.1, -0.05) is 12.1 Å². The third-order valence-corrected chi connectivity index (χ3v) is 5.24. The van der Waals surface area contributed by atoms with E-state index < -0.39 is 0 Å². The van der Waals surface area contributed by atoms with Crippen LogP contribution >= 0.6 is 23.5 Å². The van der Waals surface area contributed by atoms with Gasteiger partial charge < -0.3 is 5.32 Å². The van der Waals surface area contributed by atoms with E-state index in [1.54, 1.807) is 23.9 Å². The molecule has 0 aliphatic carbocycles. The Morgan fingerprint density at radius 1 is 1.35 bits per heavy atom. The van der Waals surface area contributed by atoms with Crippen LogP contribution in [0.4, 0.5) is 4.39 Å². The summed E-state index contributed by atoms with van der Waals surface area (Å²) < 4.78 is 12.7. The largest absolute Gasteiger partial charge is 0.351 e. The average molecular weight is 271 g/mol. The minimum absolute atomic E-state index is 0.0641. The van der Waals surface area contributed by atoms with Gasteiger partial charge >= 0.3 is 0 Å². The molecule has 0 radical (unpaired) electrons. The van der Waals surface area contributed by atoms with Crippen LogP contribution in [0.1, 0.15) is 5.56 Å². The first kappa shape index (κ1) is 12.8. The predicted octanol–water partition coefficient (Wildman–Crippen LogP) is 2.29. The van der Waals surface area contributed by atoms with Crippen LogP contribution in [0, 0.1) is 5.82 Å². The van der Waals surface area contributed by atoms with Crippen molar-refractivity contribution >= 4 is 29.4 Å². The van der Waals surface area contributed by atoms with E-state index in [-0.39, 0.29) is 17.0 Å². The molecule has 1 saturated heterocycles. The monoisotopic (exact) mass is 271 g/mol. The third kappa shape index (κ3) is 3.92. The number of halogens is 1. The van der Waals surface area contributed by atoms with Crippen LogP contribution in [0.2, 0.25) is 0 Å². The van der Waals surface area contributed by atoms with Crippen molar-refractivity contribution in [2.45, 2.75) is 11.8 Å². The zero-order valence-corrected chi connectivity index (χ0v) is 11.0. The second-order valence-corrected chi connectivity index (χ2v) is 6.24. The van der Waals surface area contributed by atoms with Gasteiger partial charge in [-0.3, -0.25) is 4.79 Å². The molecule has 1 aliphatic heterocycles. The summed E-state index contributed by atoms with van der Waals surface area (Å²) in [5.74, 6) is 2.90. The Morgan fingerprint density at radius 3 is 2.76 bits per heavy atom. The molecule has 1 aliphatic rings. The minimum Gasteiger partial charge on any atom is -0.351 e. The molecule has 2 nitrogen and oxygen atoms in total. The molecule has 1 N–H and O–H groups in total. The maximum Gasteiger partial charge on any atom is 0.234 e. The predicted molar refractivity (Wildman–Crippen MR) is 71.8 cm³/mol. The van der Waals surface area contributed by atoms with E-state index in [4.69, 9.17) is 0 Å². The molecule has 1 heterocycles. The molecule has 1 amide bonds. The number of carbonyl (C=O) groups excluding carboxylic acids is 1. The van der Waals surface area contributed by atoms with E-state index >= 15 is 0 Å². The van der Waals surface area contributed by atoms with Gasteiger partial charge in [-0.15, -0.1) is 11.8 Å². The molecule has 1 aromatic rings. The number of hydrogen-bond donors (Lipinski definition) is 1. The SMILES string of the molecule is O=C(NCc1ccc(F)cc1)C1CSCCS1. The number of thioether (sulfide) groups is 2. The van der Waals surface area contributed by atoms with E-state index in [1.807, 2.05) is 11.8 Å². The highest BCUT2D eigenvalue weighted by Gasteiger charge is 2.21. The molecule has 5 heteroatoms. The molecule has 1 atom stereocenters. The lowest BCUT2D eigenvalue weighted by atomic mass is 10.2. The van der Waals surface area contributed by atoms with Crippen molar-refractivity contribution in [3.8, 4) is 0 Å². The summed E-state index contributed by atoms with van der Waals surface area (Å²) in [7, 11) is 0. The van der Waals surface area contributed by atoms with Gasteiger partial charge in [-0.2, -0.15) is 11.8 Å². The van der Waals surface area contributed by atoms with Crippen molar-refractivity contribution < 1.29 is 9.18 Å². The highest BCUT2D eigenvalue weighted by Crippen LogP contribution is 2.23. The normalized spacial score (nSPS) is 19.9. The van der Waals surface area contributed by atoms with Crippen molar-refractivity contribution in [1.82, 2.24) is 5.32 Å². The molecule has 1 fully saturated rings. The first-order valence-corrected chi connectivity index (χ1v) is 7.67. The second-order valence-electron chi connectivity index (χ2n) is 3.78. The van der Waals surface area contributed by atoms with Gasteiger partial charge in [0.05, 0.1) is 5.25 Å². The summed E-state index contributed by atoms with van der Waals surface area (Å²) in [5.41, 5.74) is 0.924. The molecule has 0 aromatic heterocycles. The molecular weight excluding hydrogens is 257 g/mol. The van der Waals surface area contributed by atoms with Crippen LogP contribution in [0.25, 0.3) is 0 Å². The molecular formula is C12H14FNOS2. The number of nitrogens with one attached hydrogen (secondary N) is 1. The van der Waals surface area contributed by atoms with Crippen molar-refractivity contribution in [2.75, 3.05) is 17.3 Å². The van der Waals surface area contributed by atoms with Gasteiger partial charge in [-0.05, 0) is 17.7 Å². The van der Waals surface area contributed by atoms with Gasteiger partial charge in [0.1, 0.15) is 5.82 Å². The fourth-order valence-corrected chi connectivity index (χ4v) is 4.13. The Balaban J connectivity index is 1.81. The summed E-state index contributed by atoms with van der Waals surface area (Å²) in [5, 5.41) is 2.96. The fraction of sp³-hybridized carbons (Fsp3) is 0.417. The van der Waals surface area contributed by atoms with Crippen LogP contribution in [0.15, 0.2) is 24.3 Å². The lowest BCUT2D eigenvalue weighted by Crippen LogP contribution is -2.35. The molecule has 1 unspecified atom stereocenters. The van der Waals surface area contributed by atoms with Crippen molar-refractivity contribution in [3.63, 3.8) is 0 Å². The van der Waals surface area contributed by atoms with Crippen molar-refractivity contribution in [1.29, 1.82) is 0 Å². The van der Waals surface area contributed by atoms with Gasteiger partial charge in [0.2, 0.25) is 5.91 Å². The summed E-state index contributed by atoms with van der Waals surface area (Å²) in [6.45, 7) is 0.473. The van der Waals surface area contributed by atoms with Crippen molar-refractivity contribution in [2.24, 2.45) is 0 Å². The van der Waals surface area contributed by atoms with Crippen LogP contribution in [0.5, 0.6) is 0 Å². The number of hydrogen-bond acceptors (Lipinski definition) is 3. The molecule has 0 saturated carbocycles. The molecule has 92 valence electrons. The number of rotatable bonds is 3. The smallest absolute Gasteiger partial charge is 0.234 e. The zero-order chi connectivity index (χ0) is 12.1. The Labute approximate surface area is 109 Å². The molecule has 0 bridgehead atoms. The number of benzene rings is 1. The maximum atomic E-state index is 12.7. The lowest BCUT2D eigenvalue weighted by Gasteiger charge is -2.20. The first-order chi connectivity index (χ1) is 8.25. The summed E-state index contributed by atoms with van der Waals surface area (Å²) in [6.07, 6.45) is 0. The lowest BCUT2D eigenvalue weighted by molar-refractivity contribution is -0.120. The second kappa shape index (κ2) is 6.31. The topological polar surface area (TPSA) is 29.1 Å².